The molecule has 3 heterocycles. The van der Waals surface area contributed by atoms with Gasteiger partial charge >= 0.3 is 0 Å². The molecule has 1 saturated carbocycles. The van der Waals surface area contributed by atoms with Gasteiger partial charge in [-0.25, -0.2) is 9.97 Å². The molecule has 0 spiro atoms. The number of H-pyrrole nitrogens is 1. The van der Waals surface area contributed by atoms with E-state index in [0.29, 0.717) is 41.2 Å². The second kappa shape index (κ2) is 10.8. The van der Waals surface area contributed by atoms with E-state index in [-0.39, 0.29) is 24.3 Å². The average molecular weight is 448 g/mol. The fourth-order valence-corrected chi connectivity index (χ4v) is 4.15. The fourth-order valence-electron chi connectivity index (χ4n) is 4.15. The first-order valence-corrected chi connectivity index (χ1v) is 11.5. The van der Waals surface area contributed by atoms with E-state index in [2.05, 4.69) is 25.3 Å². The zero-order chi connectivity index (χ0) is 23.0. The van der Waals surface area contributed by atoms with Gasteiger partial charge in [-0.15, -0.1) is 0 Å². The van der Waals surface area contributed by atoms with Crippen LogP contribution in [0.1, 0.15) is 49.8 Å². The van der Waals surface area contributed by atoms with Crippen molar-refractivity contribution >= 4 is 11.7 Å². The van der Waals surface area contributed by atoms with Gasteiger partial charge in [0.25, 0.3) is 5.56 Å². The molecule has 2 N–H and O–H groups in total. The predicted octanol–water partition coefficient (Wildman–Crippen LogP) is 4.07. The van der Waals surface area contributed by atoms with Crippen molar-refractivity contribution in [1.82, 2.24) is 19.9 Å². The zero-order valence-electron chi connectivity index (χ0n) is 18.8. The van der Waals surface area contributed by atoms with E-state index < -0.39 is 0 Å². The summed E-state index contributed by atoms with van der Waals surface area (Å²) in [6, 6.07) is 7.18. The summed E-state index contributed by atoms with van der Waals surface area (Å²) in [5, 5.41) is 2.83. The Morgan fingerprint density at radius 1 is 1.15 bits per heavy atom. The third-order valence-corrected chi connectivity index (χ3v) is 6.01. The van der Waals surface area contributed by atoms with Crippen LogP contribution in [-0.4, -0.2) is 32.4 Å². The van der Waals surface area contributed by atoms with Crippen LogP contribution in [0.3, 0.4) is 0 Å². The second-order valence-electron chi connectivity index (χ2n) is 8.43. The van der Waals surface area contributed by atoms with Gasteiger partial charge in [-0.2, -0.15) is 0 Å². The number of anilines is 1. The zero-order valence-corrected chi connectivity index (χ0v) is 18.8. The van der Waals surface area contributed by atoms with Gasteiger partial charge in [-0.3, -0.25) is 14.6 Å². The molecular weight excluding hydrogens is 418 g/mol. The topological polar surface area (TPSA) is 110 Å². The maximum absolute atomic E-state index is 12.6. The lowest BCUT2D eigenvalue weighted by Gasteiger charge is -2.22. The molecule has 172 valence electrons. The van der Waals surface area contributed by atoms with E-state index >= 15 is 0 Å². The molecule has 4 rings (SSSR count). The summed E-state index contributed by atoms with van der Waals surface area (Å²) in [4.78, 5) is 40.8. The van der Waals surface area contributed by atoms with E-state index in [4.69, 9.17) is 4.74 Å². The molecular formula is C25H29N5O3. The Balaban J connectivity index is 1.36. The summed E-state index contributed by atoms with van der Waals surface area (Å²) < 4.78 is 5.99. The fraction of sp³-hybridized carbons (Fsp3) is 0.400. The molecule has 1 amide bonds. The summed E-state index contributed by atoms with van der Waals surface area (Å²) in [7, 11) is 0. The summed E-state index contributed by atoms with van der Waals surface area (Å²) in [6.45, 7) is 2.42. The Kier molecular flexibility index (Phi) is 7.44. The number of aromatic nitrogens is 4. The van der Waals surface area contributed by atoms with Gasteiger partial charge in [0.1, 0.15) is 5.82 Å². The van der Waals surface area contributed by atoms with Crippen molar-refractivity contribution in [2.45, 2.75) is 51.9 Å². The van der Waals surface area contributed by atoms with Crippen LogP contribution < -0.4 is 15.6 Å². The molecule has 0 aromatic carbocycles. The minimum Gasteiger partial charge on any atom is -0.489 e. The number of rotatable bonds is 8. The van der Waals surface area contributed by atoms with Crippen molar-refractivity contribution in [2.75, 3.05) is 11.9 Å². The van der Waals surface area contributed by atoms with Crippen LogP contribution in [0.4, 0.5) is 5.82 Å². The van der Waals surface area contributed by atoms with E-state index in [9.17, 15) is 9.59 Å². The van der Waals surface area contributed by atoms with E-state index in [1.54, 1.807) is 43.7 Å². The monoisotopic (exact) mass is 447 g/mol. The number of nitrogens with one attached hydrogen (secondary N) is 2. The first-order chi connectivity index (χ1) is 16.1. The Morgan fingerprint density at radius 3 is 2.70 bits per heavy atom. The highest BCUT2D eigenvalue weighted by Gasteiger charge is 2.17. The van der Waals surface area contributed by atoms with Gasteiger partial charge in [0.2, 0.25) is 5.91 Å². The molecule has 3 aromatic heterocycles. The Morgan fingerprint density at radius 2 is 1.94 bits per heavy atom. The highest BCUT2D eigenvalue weighted by atomic mass is 16.5. The maximum atomic E-state index is 12.6. The highest BCUT2D eigenvalue weighted by Crippen LogP contribution is 2.27. The van der Waals surface area contributed by atoms with Crippen molar-refractivity contribution in [3.63, 3.8) is 0 Å². The number of aryl methyl sites for hydroxylation is 1. The standard InChI is InChI=1S/C25H29N5O3/c1-17-20(25(32)30-23(28-17)19-11-14-26-15-12-19)9-10-22(31)29-24-21(8-5-13-27-24)33-16-18-6-3-2-4-7-18/h5,8,11-15,18H,2-4,6-7,9-10,16H2,1H3,(H,27,29,31)(H,28,30,32). The SMILES string of the molecule is Cc1nc(-c2ccncc2)[nH]c(=O)c1CCC(=O)Nc1ncccc1OCC1CCCCC1. The molecule has 1 fully saturated rings. The minimum atomic E-state index is -0.239. The van der Waals surface area contributed by atoms with Crippen LogP contribution in [0, 0.1) is 12.8 Å². The molecule has 0 unspecified atom stereocenters. The Hall–Kier alpha value is -3.55. The molecule has 0 aliphatic heterocycles. The maximum Gasteiger partial charge on any atom is 0.254 e. The lowest BCUT2D eigenvalue weighted by molar-refractivity contribution is -0.116. The molecule has 0 saturated heterocycles. The van der Waals surface area contributed by atoms with Crippen molar-refractivity contribution in [3.05, 3.63) is 64.5 Å². The van der Waals surface area contributed by atoms with Crippen LogP contribution >= 0.6 is 0 Å². The molecule has 8 heteroatoms. The lowest BCUT2D eigenvalue weighted by atomic mass is 9.90. The van der Waals surface area contributed by atoms with E-state index in [1.165, 1.54) is 32.1 Å². The average Bonchev–Trinajstić information content (AvgIpc) is 2.84. The molecule has 1 aliphatic carbocycles. The highest BCUT2D eigenvalue weighted by molar-refractivity contribution is 5.91. The molecule has 3 aromatic rings. The Labute approximate surface area is 192 Å². The van der Waals surface area contributed by atoms with Gasteiger partial charge < -0.3 is 15.0 Å². The predicted molar refractivity (Wildman–Crippen MR) is 126 cm³/mol. The number of hydrogen-bond acceptors (Lipinski definition) is 6. The van der Waals surface area contributed by atoms with Crippen LogP contribution in [0.2, 0.25) is 0 Å². The summed E-state index contributed by atoms with van der Waals surface area (Å²) >= 11 is 0. The molecule has 0 atom stereocenters. The van der Waals surface area contributed by atoms with Gasteiger partial charge in [0.15, 0.2) is 11.6 Å². The van der Waals surface area contributed by atoms with Crippen LogP contribution in [0.15, 0.2) is 47.7 Å². The number of carbonyl (C=O) groups excluding carboxylic acids is 1. The largest absolute Gasteiger partial charge is 0.489 e. The first-order valence-electron chi connectivity index (χ1n) is 11.5. The van der Waals surface area contributed by atoms with Gasteiger partial charge in [-0.1, -0.05) is 19.3 Å². The van der Waals surface area contributed by atoms with Crippen molar-refractivity contribution in [1.29, 1.82) is 0 Å². The van der Waals surface area contributed by atoms with Gasteiger partial charge in [0.05, 0.1) is 6.61 Å². The van der Waals surface area contributed by atoms with E-state index in [0.717, 1.165) is 5.56 Å². The smallest absolute Gasteiger partial charge is 0.254 e. The summed E-state index contributed by atoms with van der Waals surface area (Å²) in [6.07, 6.45) is 11.5. The minimum absolute atomic E-state index is 0.138. The number of carbonyl (C=O) groups is 1. The Bertz CT molecular complexity index is 1140. The number of nitrogens with zero attached hydrogens (tertiary/aromatic N) is 3. The van der Waals surface area contributed by atoms with Crippen LogP contribution in [0.25, 0.3) is 11.4 Å². The van der Waals surface area contributed by atoms with Crippen molar-refractivity contribution in [2.24, 2.45) is 5.92 Å². The third-order valence-electron chi connectivity index (χ3n) is 6.01. The third kappa shape index (κ3) is 6.03. The normalized spacial score (nSPS) is 14.1. The second-order valence-corrected chi connectivity index (χ2v) is 8.43. The quantitative estimate of drug-likeness (QED) is 0.539. The molecule has 0 bridgehead atoms. The molecule has 1 aliphatic rings. The van der Waals surface area contributed by atoms with Crippen molar-refractivity contribution < 1.29 is 9.53 Å². The lowest BCUT2D eigenvalue weighted by Crippen LogP contribution is -2.21. The van der Waals surface area contributed by atoms with Crippen LogP contribution in [-0.2, 0) is 11.2 Å². The number of amides is 1. The number of aromatic amines is 1. The van der Waals surface area contributed by atoms with E-state index in [1.807, 2.05) is 6.07 Å². The summed E-state index contributed by atoms with van der Waals surface area (Å²) in [5.74, 6) is 1.80. The first kappa shape index (κ1) is 22.6. The molecule has 33 heavy (non-hydrogen) atoms. The number of pyridine rings is 2. The van der Waals surface area contributed by atoms with Gasteiger partial charge in [-0.05, 0) is 56.4 Å². The molecule has 8 nitrogen and oxygen atoms in total. The summed E-state index contributed by atoms with van der Waals surface area (Å²) in [5.41, 5.74) is 1.65. The number of ether oxygens (including phenoxy) is 1. The van der Waals surface area contributed by atoms with Crippen molar-refractivity contribution in [3.8, 4) is 17.1 Å². The number of hydrogen-bond donors (Lipinski definition) is 2. The molecule has 0 radical (unpaired) electrons. The van der Waals surface area contributed by atoms with Gasteiger partial charge in [0, 0.05) is 41.8 Å². The van der Waals surface area contributed by atoms with Crippen LogP contribution in [0.5, 0.6) is 5.75 Å².